The molecule has 4 rings (SSSR count). The van der Waals surface area contributed by atoms with Crippen LogP contribution in [0.4, 0.5) is 0 Å². The van der Waals surface area contributed by atoms with E-state index >= 15 is 0 Å². The number of nitrogens with one attached hydrogen (secondary N) is 1. The summed E-state index contributed by atoms with van der Waals surface area (Å²) in [6.45, 7) is 0. The number of carbonyl (C=O) groups excluding carboxylic acids is 2. The molecule has 0 aliphatic carbocycles. The third-order valence-corrected chi connectivity index (χ3v) is 9.56. The van der Waals surface area contributed by atoms with Crippen molar-refractivity contribution in [3.63, 3.8) is 0 Å². The molecular weight excluding hydrogens is 484 g/mol. The van der Waals surface area contributed by atoms with Gasteiger partial charge in [0, 0.05) is 18.6 Å². The van der Waals surface area contributed by atoms with Gasteiger partial charge in [-0.2, -0.15) is 0 Å². The molecule has 3 atom stereocenters. The molecule has 2 N–H and O–H groups in total. The molecule has 0 bridgehead atoms. The number of carboxylic acids is 1. The number of nitrogens with zero attached hydrogens (tertiary/aromatic N) is 5. The van der Waals surface area contributed by atoms with E-state index in [1.54, 1.807) is 24.6 Å². The van der Waals surface area contributed by atoms with Crippen LogP contribution in [0, 0.1) is 0 Å². The molecule has 2 amide bonds. The van der Waals surface area contributed by atoms with Crippen molar-refractivity contribution in [1.29, 1.82) is 0 Å². The summed E-state index contributed by atoms with van der Waals surface area (Å²) in [5.41, 5.74) is 0.516. The number of aliphatic carboxylic acids is 1. The molecule has 0 saturated carbocycles. The fraction of sp³-hybridized carbons (Fsp3) is 0.375. The number of hydrogen-bond donors (Lipinski definition) is 2. The second-order valence-corrected chi connectivity index (χ2v) is 11.2. The number of hydrogen-bond acceptors (Lipinski definition) is 10. The zero-order valence-corrected chi connectivity index (χ0v) is 19.2. The summed E-state index contributed by atoms with van der Waals surface area (Å²) in [4.78, 5) is 38.1. The van der Waals surface area contributed by atoms with Gasteiger partial charge < -0.3 is 10.4 Å². The highest BCUT2D eigenvalue weighted by molar-refractivity contribution is 8.01. The lowest BCUT2D eigenvalue weighted by Gasteiger charge is -2.49. The van der Waals surface area contributed by atoms with Gasteiger partial charge in [0.1, 0.15) is 22.9 Å². The van der Waals surface area contributed by atoms with Crippen LogP contribution in [0.5, 0.6) is 0 Å². The lowest BCUT2D eigenvalue weighted by molar-refractivity contribution is -0.150. The fourth-order valence-corrected chi connectivity index (χ4v) is 7.34. The molecule has 31 heavy (non-hydrogen) atoms. The summed E-state index contributed by atoms with van der Waals surface area (Å²) >= 11 is 3.95. The zero-order valence-electron chi connectivity index (χ0n) is 16.0. The molecule has 4 heterocycles. The van der Waals surface area contributed by atoms with Gasteiger partial charge in [0.05, 0.1) is 15.0 Å². The normalized spacial score (nSPS) is 21.5. The van der Waals surface area contributed by atoms with Crippen LogP contribution < -0.4 is 5.32 Å². The maximum absolute atomic E-state index is 12.7. The molecule has 11 nitrogen and oxygen atoms in total. The smallest absolute Gasteiger partial charge is 0.352 e. The van der Waals surface area contributed by atoms with Gasteiger partial charge in [-0.05, 0) is 27.4 Å². The minimum Gasteiger partial charge on any atom is -0.477 e. The molecule has 2 aromatic rings. The lowest BCUT2D eigenvalue weighted by Crippen LogP contribution is -2.70. The van der Waals surface area contributed by atoms with Crippen molar-refractivity contribution < 1.29 is 23.7 Å². The van der Waals surface area contributed by atoms with Crippen molar-refractivity contribution in [1.82, 2.24) is 30.4 Å². The Morgan fingerprint density at radius 2 is 2.26 bits per heavy atom. The topological polar surface area (TPSA) is 147 Å². The highest BCUT2D eigenvalue weighted by atomic mass is 32.2. The molecular formula is C16H16N6O5S4. The van der Waals surface area contributed by atoms with E-state index in [1.807, 2.05) is 0 Å². The van der Waals surface area contributed by atoms with Crippen molar-refractivity contribution in [2.45, 2.75) is 20.8 Å². The SMILES string of the molecule is Cn1nnnc1SCC1=C(C(=O)O)N2C(=O)C(NC(=O)CS(=O)c3cccs3)[C@@H]2SC1. The average Bonchev–Trinajstić information content (AvgIpc) is 3.41. The van der Waals surface area contributed by atoms with Crippen LogP contribution in [-0.4, -0.2) is 80.9 Å². The van der Waals surface area contributed by atoms with E-state index in [4.69, 9.17) is 0 Å². The van der Waals surface area contributed by atoms with Crippen LogP contribution in [0.25, 0.3) is 0 Å². The summed E-state index contributed by atoms with van der Waals surface area (Å²) in [6.07, 6.45) is 0. The number of thiophene rings is 1. The second-order valence-electron chi connectivity index (χ2n) is 6.51. The monoisotopic (exact) mass is 500 g/mol. The second kappa shape index (κ2) is 9.10. The first kappa shape index (κ1) is 22.0. The summed E-state index contributed by atoms with van der Waals surface area (Å²) in [6, 6.07) is 2.59. The van der Waals surface area contributed by atoms with E-state index in [2.05, 4.69) is 20.8 Å². The van der Waals surface area contributed by atoms with E-state index < -0.39 is 40.0 Å². The number of rotatable bonds is 8. The highest BCUT2D eigenvalue weighted by Crippen LogP contribution is 2.41. The van der Waals surface area contributed by atoms with Gasteiger partial charge in [-0.25, -0.2) is 9.48 Å². The first-order valence-electron chi connectivity index (χ1n) is 8.83. The molecule has 0 aromatic carbocycles. The van der Waals surface area contributed by atoms with Gasteiger partial charge in [-0.1, -0.05) is 17.8 Å². The van der Waals surface area contributed by atoms with Gasteiger partial charge >= 0.3 is 5.97 Å². The van der Waals surface area contributed by atoms with E-state index in [0.717, 1.165) is 0 Å². The number of amides is 2. The van der Waals surface area contributed by atoms with E-state index in [-0.39, 0.29) is 11.4 Å². The Morgan fingerprint density at radius 3 is 2.90 bits per heavy atom. The Balaban J connectivity index is 1.42. The predicted molar refractivity (Wildman–Crippen MR) is 115 cm³/mol. The van der Waals surface area contributed by atoms with Gasteiger partial charge in [0.15, 0.2) is 0 Å². The van der Waals surface area contributed by atoms with Crippen LogP contribution in [0.1, 0.15) is 0 Å². The van der Waals surface area contributed by atoms with Crippen LogP contribution in [0.15, 0.2) is 38.1 Å². The predicted octanol–water partition coefficient (Wildman–Crippen LogP) is -0.0899. The van der Waals surface area contributed by atoms with Crippen LogP contribution in [0.3, 0.4) is 0 Å². The Morgan fingerprint density at radius 1 is 1.45 bits per heavy atom. The van der Waals surface area contributed by atoms with Crippen molar-refractivity contribution >= 4 is 63.4 Å². The molecule has 0 radical (unpaired) electrons. The van der Waals surface area contributed by atoms with Crippen LogP contribution in [0.2, 0.25) is 0 Å². The molecule has 0 spiro atoms. The number of tetrazole rings is 1. The third kappa shape index (κ3) is 4.40. The molecule has 15 heteroatoms. The van der Waals surface area contributed by atoms with Gasteiger partial charge in [-0.3, -0.25) is 18.7 Å². The molecule has 1 fully saturated rings. The minimum absolute atomic E-state index is 0.0657. The Bertz CT molecular complexity index is 1080. The van der Waals surface area contributed by atoms with Crippen LogP contribution in [-0.2, 0) is 32.2 Å². The average molecular weight is 501 g/mol. The Kier molecular flexibility index (Phi) is 6.45. The van der Waals surface area contributed by atoms with Crippen molar-refractivity contribution in [3.05, 3.63) is 28.8 Å². The van der Waals surface area contributed by atoms with Crippen molar-refractivity contribution in [2.24, 2.45) is 7.05 Å². The van der Waals surface area contributed by atoms with Crippen molar-refractivity contribution in [3.8, 4) is 0 Å². The number of fused-ring (bicyclic) bond motifs is 1. The molecule has 2 aliphatic rings. The molecule has 2 aliphatic heterocycles. The van der Waals surface area contributed by atoms with Crippen molar-refractivity contribution in [2.75, 3.05) is 17.3 Å². The van der Waals surface area contributed by atoms with E-state index in [9.17, 15) is 23.7 Å². The maximum Gasteiger partial charge on any atom is 0.352 e. The number of carbonyl (C=O) groups is 3. The zero-order chi connectivity index (χ0) is 22.1. The van der Waals surface area contributed by atoms with E-state index in [0.29, 0.717) is 26.4 Å². The summed E-state index contributed by atoms with van der Waals surface area (Å²) in [5.74, 6) is -1.75. The number of β-lactam (4-membered cyclic amide) rings is 1. The van der Waals surface area contributed by atoms with Crippen LogP contribution >= 0.6 is 34.9 Å². The maximum atomic E-state index is 12.7. The standard InChI is InChI=1S/C16H16N6O5S4/c1-21-16(18-19-20-21)30-6-8-5-29-14-11(13(24)22(14)12(8)15(25)26)17-9(23)7-31(27)10-3-2-4-28-10/h2-4,11,14H,5-7H2,1H3,(H,17,23)(H,25,26)/t11?,14-,31?/m0/s1. The largest absolute Gasteiger partial charge is 0.477 e. The number of aryl methyl sites for hydroxylation is 1. The summed E-state index contributed by atoms with van der Waals surface area (Å²) in [5, 5.41) is 25.2. The number of aromatic nitrogens is 4. The molecule has 1 saturated heterocycles. The minimum atomic E-state index is -1.49. The van der Waals surface area contributed by atoms with Gasteiger partial charge in [-0.15, -0.1) is 28.2 Å². The van der Waals surface area contributed by atoms with Gasteiger partial charge in [0.25, 0.3) is 5.91 Å². The van der Waals surface area contributed by atoms with E-state index in [1.165, 1.54) is 44.4 Å². The quantitative estimate of drug-likeness (QED) is 0.372. The highest BCUT2D eigenvalue weighted by Gasteiger charge is 2.54. The third-order valence-electron chi connectivity index (χ3n) is 4.50. The first-order valence-corrected chi connectivity index (χ1v) is 13.1. The van der Waals surface area contributed by atoms with Gasteiger partial charge in [0.2, 0.25) is 11.1 Å². The molecule has 2 aromatic heterocycles. The Hall–Kier alpha value is -2.23. The summed E-state index contributed by atoms with van der Waals surface area (Å²) < 4.78 is 14.3. The molecule has 2 unspecified atom stereocenters. The number of carboxylic acid groups (broad SMARTS) is 1. The first-order chi connectivity index (χ1) is 14.9. The molecule has 164 valence electrons. The number of thioether (sulfide) groups is 2. The Labute approximate surface area is 191 Å². The fourth-order valence-electron chi connectivity index (χ4n) is 3.09. The summed E-state index contributed by atoms with van der Waals surface area (Å²) in [7, 11) is 0.192. The lowest BCUT2D eigenvalue weighted by atomic mass is 10.0.